The van der Waals surface area contributed by atoms with Gasteiger partial charge >= 0.3 is 6.18 Å². The predicted molar refractivity (Wildman–Crippen MR) is 78.1 cm³/mol. The Bertz CT molecular complexity index is 655. The fourth-order valence-corrected chi connectivity index (χ4v) is 2.58. The van der Waals surface area contributed by atoms with Crippen LogP contribution in [0.4, 0.5) is 19.0 Å². The summed E-state index contributed by atoms with van der Waals surface area (Å²) in [6, 6.07) is 0.0962. The lowest BCUT2D eigenvalue weighted by molar-refractivity contribution is -0.187. The number of fused-ring (bicyclic) bond motifs is 1. The van der Waals surface area contributed by atoms with Gasteiger partial charge in [0.05, 0.1) is 24.1 Å². The standard InChI is InChI=1S/C14H16F3N5O/c15-14(16,17)12(22-3-5-23-6-4-22)8-19-13-10-7-18-2-1-11(10)20-9-21-13/h1-2,7,9,12H,3-6,8H2,(H,19,20,21). The normalized spacial score (nSPS) is 18.0. The van der Waals surface area contributed by atoms with Gasteiger partial charge in [0.25, 0.3) is 0 Å². The van der Waals surface area contributed by atoms with Crippen LogP contribution in [0.5, 0.6) is 0 Å². The molecule has 1 saturated heterocycles. The van der Waals surface area contributed by atoms with Gasteiger partial charge in [-0.25, -0.2) is 9.97 Å². The number of hydrogen-bond donors (Lipinski definition) is 1. The van der Waals surface area contributed by atoms with Gasteiger partial charge in [0.1, 0.15) is 18.2 Å². The zero-order valence-corrected chi connectivity index (χ0v) is 12.3. The summed E-state index contributed by atoms with van der Waals surface area (Å²) >= 11 is 0. The van der Waals surface area contributed by atoms with E-state index >= 15 is 0 Å². The monoisotopic (exact) mass is 327 g/mol. The van der Waals surface area contributed by atoms with Crippen molar-refractivity contribution in [3.8, 4) is 0 Å². The highest BCUT2D eigenvalue weighted by Crippen LogP contribution is 2.26. The van der Waals surface area contributed by atoms with Crippen LogP contribution in [0.1, 0.15) is 0 Å². The number of hydrogen-bond acceptors (Lipinski definition) is 6. The van der Waals surface area contributed by atoms with E-state index in [4.69, 9.17) is 4.74 Å². The smallest absolute Gasteiger partial charge is 0.379 e. The number of pyridine rings is 1. The van der Waals surface area contributed by atoms with Crippen LogP contribution in [0.25, 0.3) is 10.9 Å². The van der Waals surface area contributed by atoms with E-state index in [9.17, 15) is 13.2 Å². The molecule has 3 heterocycles. The van der Waals surface area contributed by atoms with Crippen molar-refractivity contribution in [2.24, 2.45) is 0 Å². The minimum atomic E-state index is -4.33. The van der Waals surface area contributed by atoms with Crippen LogP contribution >= 0.6 is 0 Å². The number of halogens is 3. The quantitative estimate of drug-likeness (QED) is 0.922. The maximum absolute atomic E-state index is 13.4. The lowest BCUT2D eigenvalue weighted by Crippen LogP contribution is -2.53. The van der Waals surface area contributed by atoms with E-state index in [-0.39, 0.29) is 19.6 Å². The molecule has 0 bridgehead atoms. The molecule has 1 N–H and O–H groups in total. The molecule has 2 aromatic rings. The molecule has 1 fully saturated rings. The summed E-state index contributed by atoms with van der Waals surface area (Å²) in [4.78, 5) is 13.5. The molecule has 3 rings (SSSR count). The van der Waals surface area contributed by atoms with Gasteiger partial charge < -0.3 is 10.1 Å². The minimum absolute atomic E-state index is 0.262. The number of morpholine rings is 1. The molecule has 0 saturated carbocycles. The van der Waals surface area contributed by atoms with Crippen LogP contribution in [0, 0.1) is 0 Å². The second-order valence-electron chi connectivity index (χ2n) is 5.20. The Morgan fingerprint density at radius 2 is 2.04 bits per heavy atom. The highest BCUT2D eigenvalue weighted by molar-refractivity contribution is 5.87. The third-order valence-electron chi connectivity index (χ3n) is 3.76. The highest BCUT2D eigenvalue weighted by atomic mass is 19.4. The first kappa shape index (κ1) is 15.9. The summed E-state index contributed by atoms with van der Waals surface area (Å²) in [5.41, 5.74) is 0.632. The molecule has 0 amide bonds. The molecule has 1 atom stereocenters. The van der Waals surface area contributed by atoms with Crippen molar-refractivity contribution < 1.29 is 17.9 Å². The molecule has 0 radical (unpaired) electrons. The molecule has 6 nitrogen and oxygen atoms in total. The fourth-order valence-electron chi connectivity index (χ4n) is 2.58. The molecule has 0 spiro atoms. The van der Waals surface area contributed by atoms with Gasteiger partial charge in [0.2, 0.25) is 0 Å². The van der Waals surface area contributed by atoms with Gasteiger partial charge in [-0.05, 0) is 6.07 Å². The predicted octanol–water partition coefficient (Wildman–Crippen LogP) is 1.70. The number of rotatable bonds is 4. The zero-order chi connectivity index (χ0) is 16.3. The van der Waals surface area contributed by atoms with Crippen molar-refractivity contribution in [2.45, 2.75) is 12.2 Å². The summed E-state index contributed by atoms with van der Waals surface area (Å²) in [6.45, 7) is 0.861. The van der Waals surface area contributed by atoms with E-state index in [0.29, 0.717) is 29.9 Å². The van der Waals surface area contributed by atoms with Crippen molar-refractivity contribution >= 4 is 16.7 Å². The molecule has 1 aliphatic heterocycles. The maximum Gasteiger partial charge on any atom is 0.405 e. The van der Waals surface area contributed by atoms with Crippen LogP contribution < -0.4 is 5.32 Å². The first-order chi connectivity index (χ1) is 11.1. The maximum atomic E-state index is 13.4. The van der Waals surface area contributed by atoms with E-state index in [1.807, 2.05) is 0 Å². The molecular formula is C14H16F3N5O. The number of ether oxygens (including phenoxy) is 1. The molecule has 1 aliphatic rings. The lowest BCUT2D eigenvalue weighted by Gasteiger charge is -2.35. The van der Waals surface area contributed by atoms with Crippen LogP contribution in [0.2, 0.25) is 0 Å². The van der Waals surface area contributed by atoms with Crippen LogP contribution in [-0.2, 0) is 4.74 Å². The lowest BCUT2D eigenvalue weighted by atomic mass is 10.2. The Morgan fingerprint density at radius 3 is 2.78 bits per heavy atom. The SMILES string of the molecule is FC(F)(F)C(CNc1ncnc2ccncc12)N1CCOCC1. The Morgan fingerprint density at radius 1 is 1.26 bits per heavy atom. The van der Waals surface area contributed by atoms with Crippen molar-refractivity contribution in [2.75, 3.05) is 38.2 Å². The van der Waals surface area contributed by atoms with Crippen LogP contribution in [-0.4, -0.2) is 64.9 Å². The molecule has 9 heteroatoms. The van der Waals surface area contributed by atoms with Crippen molar-refractivity contribution in [1.29, 1.82) is 0 Å². The third kappa shape index (κ3) is 3.67. The zero-order valence-electron chi connectivity index (χ0n) is 12.3. The fraction of sp³-hybridized carbons (Fsp3) is 0.500. The Kier molecular flexibility index (Phi) is 4.58. The van der Waals surface area contributed by atoms with Crippen LogP contribution in [0.3, 0.4) is 0 Å². The summed E-state index contributed by atoms with van der Waals surface area (Å²) < 4.78 is 45.2. The Balaban J connectivity index is 1.77. The topological polar surface area (TPSA) is 63.2 Å². The first-order valence-corrected chi connectivity index (χ1v) is 7.23. The van der Waals surface area contributed by atoms with Gasteiger partial charge in [0, 0.05) is 32.0 Å². The van der Waals surface area contributed by atoms with Gasteiger partial charge in [0.15, 0.2) is 0 Å². The number of nitrogens with one attached hydrogen (secondary N) is 1. The van der Waals surface area contributed by atoms with Crippen LogP contribution in [0.15, 0.2) is 24.8 Å². The summed E-state index contributed by atoms with van der Waals surface area (Å²) in [5, 5.41) is 3.39. The first-order valence-electron chi connectivity index (χ1n) is 7.23. The second kappa shape index (κ2) is 6.63. The summed E-state index contributed by atoms with van der Waals surface area (Å²) in [7, 11) is 0. The number of alkyl halides is 3. The highest BCUT2D eigenvalue weighted by Gasteiger charge is 2.43. The molecule has 0 aromatic carbocycles. The molecule has 23 heavy (non-hydrogen) atoms. The molecule has 1 unspecified atom stereocenters. The van der Waals surface area contributed by atoms with E-state index in [1.54, 1.807) is 12.3 Å². The largest absolute Gasteiger partial charge is 0.405 e. The average Bonchev–Trinajstić information content (AvgIpc) is 2.55. The van der Waals surface area contributed by atoms with E-state index in [1.165, 1.54) is 17.4 Å². The van der Waals surface area contributed by atoms with E-state index < -0.39 is 12.2 Å². The van der Waals surface area contributed by atoms with Crippen molar-refractivity contribution in [3.05, 3.63) is 24.8 Å². The van der Waals surface area contributed by atoms with E-state index in [0.717, 1.165) is 0 Å². The number of aromatic nitrogens is 3. The minimum Gasteiger partial charge on any atom is -0.379 e. The summed E-state index contributed by atoms with van der Waals surface area (Å²) in [6.07, 6.45) is 0.105. The number of anilines is 1. The summed E-state index contributed by atoms with van der Waals surface area (Å²) in [5.74, 6) is 0.352. The molecule has 124 valence electrons. The van der Waals surface area contributed by atoms with Crippen molar-refractivity contribution in [3.63, 3.8) is 0 Å². The van der Waals surface area contributed by atoms with Gasteiger partial charge in [-0.3, -0.25) is 9.88 Å². The Hall–Kier alpha value is -2.00. The van der Waals surface area contributed by atoms with E-state index in [2.05, 4.69) is 20.3 Å². The number of nitrogens with zero attached hydrogens (tertiary/aromatic N) is 4. The average molecular weight is 327 g/mol. The van der Waals surface area contributed by atoms with Crippen molar-refractivity contribution in [1.82, 2.24) is 19.9 Å². The molecular weight excluding hydrogens is 311 g/mol. The molecule has 0 aliphatic carbocycles. The van der Waals surface area contributed by atoms with Gasteiger partial charge in [-0.1, -0.05) is 0 Å². The third-order valence-corrected chi connectivity index (χ3v) is 3.76. The second-order valence-corrected chi connectivity index (χ2v) is 5.20. The van der Waals surface area contributed by atoms with Gasteiger partial charge in [-0.15, -0.1) is 0 Å². The Labute approximate surface area is 130 Å². The van der Waals surface area contributed by atoms with Gasteiger partial charge in [-0.2, -0.15) is 13.2 Å². The molecule has 2 aromatic heterocycles.